The molecule has 0 saturated carbocycles. The number of nitrogens with zero attached hydrogens (tertiary/aromatic N) is 2. The molecule has 0 saturated heterocycles. The van der Waals surface area contributed by atoms with Crippen LogP contribution in [0.5, 0.6) is 0 Å². The van der Waals surface area contributed by atoms with Crippen molar-refractivity contribution >= 4 is 31.9 Å². The van der Waals surface area contributed by atoms with E-state index in [1.807, 2.05) is 0 Å². The standard InChI is InChI=1S/C31H48Br2N2/c1-34(2,3)21-13-9-7-11-19-31(20-12-8-10-14-22-35(4,5)6)29-23-25(32)15-17-27(29)28-18-16-26(33)24-30(28)31/h15-18,23-24H,7-14,19-22H2,1-6H3/q+2. The highest BCUT2D eigenvalue weighted by Gasteiger charge is 2.42. The van der Waals surface area contributed by atoms with Crippen molar-refractivity contribution in [2.24, 2.45) is 0 Å². The molecule has 0 unspecified atom stereocenters. The van der Waals surface area contributed by atoms with Crippen molar-refractivity contribution in [1.82, 2.24) is 0 Å². The molecule has 2 aromatic rings. The number of hydrogen-bond donors (Lipinski definition) is 0. The van der Waals surface area contributed by atoms with Gasteiger partial charge in [-0.2, -0.15) is 0 Å². The Morgan fingerprint density at radius 3 is 1.29 bits per heavy atom. The number of hydrogen-bond acceptors (Lipinski definition) is 0. The Kier molecular flexibility index (Phi) is 10.1. The first-order valence-electron chi connectivity index (χ1n) is 13.6. The molecule has 0 N–H and O–H groups in total. The number of unbranched alkanes of at least 4 members (excludes halogenated alkanes) is 6. The summed E-state index contributed by atoms with van der Waals surface area (Å²) in [5, 5.41) is 0. The molecule has 1 aliphatic rings. The summed E-state index contributed by atoms with van der Waals surface area (Å²) in [4.78, 5) is 0. The Bertz CT molecular complexity index is 889. The average Bonchev–Trinajstić information content (AvgIpc) is 3.00. The first-order chi connectivity index (χ1) is 16.4. The minimum Gasteiger partial charge on any atom is -0.331 e. The molecule has 194 valence electrons. The zero-order valence-corrected chi connectivity index (χ0v) is 26.3. The SMILES string of the molecule is C[N+](C)(C)CCCCCCC1(CCCCCC[N+](C)(C)C)c2cc(Br)ccc2-c2ccc(Br)cc21. The summed E-state index contributed by atoms with van der Waals surface area (Å²) in [6, 6.07) is 14.0. The van der Waals surface area contributed by atoms with Crippen LogP contribution in [0.25, 0.3) is 11.1 Å². The number of rotatable bonds is 14. The summed E-state index contributed by atoms with van der Waals surface area (Å²) in [6.45, 7) is 2.54. The predicted molar refractivity (Wildman–Crippen MR) is 160 cm³/mol. The molecule has 0 aliphatic heterocycles. The van der Waals surface area contributed by atoms with Gasteiger partial charge in [0.25, 0.3) is 0 Å². The largest absolute Gasteiger partial charge is 0.331 e. The van der Waals surface area contributed by atoms with Gasteiger partial charge in [0.2, 0.25) is 0 Å². The Balaban J connectivity index is 1.77. The summed E-state index contributed by atoms with van der Waals surface area (Å²) < 4.78 is 4.55. The van der Waals surface area contributed by atoms with Gasteiger partial charge in [0.1, 0.15) is 0 Å². The first kappa shape index (κ1) is 28.9. The Morgan fingerprint density at radius 1 is 0.543 bits per heavy atom. The maximum absolute atomic E-state index is 3.80. The molecular formula is C31H48Br2N2+2. The molecule has 35 heavy (non-hydrogen) atoms. The van der Waals surface area contributed by atoms with Crippen LogP contribution in [0.4, 0.5) is 0 Å². The fourth-order valence-corrected chi connectivity index (χ4v) is 6.56. The lowest BCUT2D eigenvalue weighted by molar-refractivity contribution is -0.870. The van der Waals surface area contributed by atoms with Crippen molar-refractivity contribution in [1.29, 1.82) is 0 Å². The average molecular weight is 609 g/mol. The van der Waals surface area contributed by atoms with Crippen LogP contribution in [0.2, 0.25) is 0 Å². The van der Waals surface area contributed by atoms with Gasteiger partial charge >= 0.3 is 0 Å². The molecule has 0 fully saturated rings. The van der Waals surface area contributed by atoms with Crippen LogP contribution in [-0.4, -0.2) is 64.3 Å². The molecular weight excluding hydrogens is 560 g/mol. The molecule has 0 spiro atoms. The van der Waals surface area contributed by atoms with Gasteiger partial charge in [0, 0.05) is 14.4 Å². The van der Waals surface area contributed by atoms with Crippen LogP contribution < -0.4 is 0 Å². The van der Waals surface area contributed by atoms with Crippen molar-refractivity contribution in [3.05, 3.63) is 56.5 Å². The smallest absolute Gasteiger partial charge is 0.0780 e. The van der Waals surface area contributed by atoms with Crippen molar-refractivity contribution in [2.75, 3.05) is 55.4 Å². The Labute approximate surface area is 232 Å². The van der Waals surface area contributed by atoms with Crippen molar-refractivity contribution < 1.29 is 8.97 Å². The van der Waals surface area contributed by atoms with Gasteiger partial charge in [-0.05, 0) is 85.0 Å². The summed E-state index contributed by atoms with van der Waals surface area (Å²) in [5.74, 6) is 0. The summed E-state index contributed by atoms with van der Waals surface area (Å²) in [5.41, 5.74) is 6.14. The van der Waals surface area contributed by atoms with Crippen LogP contribution in [-0.2, 0) is 5.41 Å². The molecule has 1 aliphatic carbocycles. The Morgan fingerprint density at radius 2 is 0.914 bits per heavy atom. The highest BCUT2D eigenvalue weighted by atomic mass is 79.9. The normalized spacial score (nSPS) is 14.7. The third-order valence-corrected chi connectivity index (χ3v) is 8.64. The van der Waals surface area contributed by atoms with E-state index in [1.165, 1.54) is 97.4 Å². The summed E-state index contributed by atoms with van der Waals surface area (Å²) >= 11 is 7.61. The second-order valence-electron chi connectivity index (χ2n) is 12.8. The fraction of sp³-hybridized carbons (Fsp3) is 0.613. The van der Waals surface area contributed by atoms with Crippen LogP contribution in [0, 0.1) is 0 Å². The molecule has 0 amide bonds. The summed E-state index contributed by atoms with van der Waals surface area (Å²) in [6.07, 6.45) is 13.1. The quantitative estimate of drug-likeness (QED) is 0.149. The molecule has 2 aromatic carbocycles. The van der Waals surface area contributed by atoms with Crippen molar-refractivity contribution in [2.45, 2.75) is 69.6 Å². The lowest BCUT2D eigenvalue weighted by Crippen LogP contribution is -2.35. The highest BCUT2D eigenvalue weighted by molar-refractivity contribution is 9.10. The number of quaternary nitrogens is 2. The molecule has 0 heterocycles. The zero-order valence-electron chi connectivity index (χ0n) is 23.1. The third-order valence-electron chi connectivity index (χ3n) is 7.65. The lowest BCUT2D eigenvalue weighted by atomic mass is 9.70. The highest BCUT2D eigenvalue weighted by Crippen LogP contribution is 2.55. The number of halogens is 2. The Hall–Kier alpha value is -0.680. The molecule has 0 bridgehead atoms. The van der Waals surface area contributed by atoms with Crippen LogP contribution in [0.15, 0.2) is 45.3 Å². The van der Waals surface area contributed by atoms with E-state index < -0.39 is 0 Å². The van der Waals surface area contributed by atoms with E-state index in [0.29, 0.717) is 0 Å². The maximum Gasteiger partial charge on any atom is 0.0780 e. The van der Waals surface area contributed by atoms with E-state index in [0.717, 1.165) is 8.97 Å². The fourth-order valence-electron chi connectivity index (χ4n) is 5.84. The van der Waals surface area contributed by atoms with E-state index in [1.54, 1.807) is 11.1 Å². The molecule has 2 nitrogen and oxygen atoms in total. The number of fused-ring (bicyclic) bond motifs is 3. The maximum atomic E-state index is 3.80. The van der Waals surface area contributed by atoms with Gasteiger partial charge in [-0.25, -0.2) is 0 Å². The molecule has 3 rings (SSSR count). The van der Waals surface area contributed by atoms with Crippen LogP contribution in [0.1, 0.15) is 75.3 Å². The zero-order chi connectivity index (χ0) is 25.7. The van der Waals surface area contributed by atoms with Gasteiger partial charge in [-0.15, -0.1) is 0 Å². The molecule has 0 aromatic heterocycles. The molecule has 4 heteroatoms. The van der Waals surface area contributed by atoms with E-state index in [4.69, 9.17) is 0 Å². The second kappa shape index (κ2) is 12.2. The van der Waals surface area contributed by atoms with E-state index >= 15 is 0 Å². The predicted octanol–water partition coefficient (Wildman–Crippen LogP) is 8.79. The van der Waals surface area contributed by atoms with Gasteiger partial charge in [-0.1, -0.05) is 69.7 Å². The third kappa shape index (κ3) is 8.15. The monoisotopic (exact) mass is 606 g/mol. The topological polar surface area (TPSA) is 0 Å². The van der Waals surface area contributed by atoms with E-state index in [-0.39, 0.29) is 5.41 Å². The minimum atomic E-state index is 0.137. The van der Waals surface area contributed by atoms with Crippen LogP contribution in [0.3, 0.4) is 0 Å². The number of benzene rings is 2. The first-order valence-corrected chi connectivity index (χ1v) is 15.2. The van der Waals surface area contributed by atoms with Crippen LogP contribution >= 0.6 is 31.9 Å². The molecule has 0 radical (unpaired) electrons. The lowest BCUT2D eigenvalue weighted by Gasteiger charge is -2.33. The van der Waals surface area contributed by atoms with Gasteiger partial charge in [0.15, 0.2) is 0 Å². The van der Waals surface area contributed by atoms with Gasteiger partial charge in [0.05, 0.1) is 55.4 Å². The van der Waals surface area contributed by atoms with E-state index in [9.17, 15) is 0 Å². The summed E-state index contributed by atoms with van der Waals surface area (Å²) in [7, 11) is 13.8. The second-order valence-corrected chi connectivity index (χ2v) is 14.6. The van der Waals surface area contributed by atoms with Gasteiger partial charge in [-0.3, -0.25) is 0 Å². The van der Waals surface area contributed by atoms with E-state index in [2.05, 4.69) is 111 Å². The minimum absolute atomic E-state index is 0.137. The van der Waals surface area contributed by atoms with Crippen molar-refractivity contribution in [3.63, 3.8) is 0 Å². The van der Waals surface area contributed by atoms with Crippen molar-refractivity contribution in [3.8, 4) is 11.1 Å². The van der Waals surface area contributed by atoms with Gasteiger partial charge < -0.3 is 8.97 Å². The molecule has 0 atom stereocenters.